The number of aromatic nitrogens is 1. The fraction of sp³-hybridized carbons (Fsp3) is 0.357. The number of carbonyl (C=O) groups is 3. The summed E-state index contributed by atoms with van der Waals surface area (Å²) in [6.45, 7) is 1.14. The molecule has 0 aliphatic carbocycles. The van der Waals surface area contributed by atoms with E-state index in [2.05, 4.69) is 20.4 Å². The second kappa shape index (κ2) is 15.1. The van der Waals surface area contributed by atoms with Gasteiger partial charge in [-0.3, -0.25) is 19.4 Å². The van der Waals surface area contributed by atoms with Crippen LogP contribution in [-0.2, 0) is 20.8 Å². The molecule has 2 aromatic carbocycles. The number of alkyl halides is 3. The fourth-order valence-corrected chi connectivity index (χ4v) is 4.16. The van der Waals surface area contributed by atoms with Gasteiger partial charge in [-0.25, -0.2) is 0 Å². The summed E-state index contributed by atoms with van der Waals surface area (Å²) in [6.07, 6.45) is -3.49. The number of hydrogen-bond acceptors (Lipinski definition) is 8. The Bertz CT molecular complexity index is 1350. The first-order valence-corrected chi connectivity index (χ1v) is 13.2. The molecule has 42 heavy (non-hydrogen) atoms. The van der Waals surface area contributed by atoms with Gasteiger partial charge in [0, 0.05) is 44.4 Å². The number of amides is 3. The molecule has 1 heterocycles. The van der Waals surface area contributed by atoms with Gasteiger partial charge in [-0.05, 0) is 36.2 Å². The normalized spacial score (nSPS) is 12.8. The number of rotatable bonds is 14. The number of ether oxygens (including phenoxy) is 1. The molecule has 14 heteroatoms. The maximum atomic E-state index is 13.3. The van der Waals surface area contributed by atoms with Crippen molar-refractivity contribution in [1.29, 1.82) is 0 Å². The van der Waals surface area contributed by atoms with Gasteiger partial charge in [0.05, 0.1) is 23.4 Å². The van der Waals surface area contributed by atoms with Gasteiger partial charge < -0.3 is 37.5 Å². The molecular weight excluding hydrogens is 555 g/mol. The Morgan fingerprint density at radius 3 is 2.29 bits per heavy atom. The van der Waals surface area contributed by atoms with E-state index in [1.807, 2.05) is 24.3 Å². The van der Waals surface area contributed by atoms with Crippen molar-refractivity contribution in [1.82, 2.24) is 15.2 Å². The van der Waals surface area contributed by atoms with Gasteiger partial charge in [0.15, 0.2) is 0 Å². The summed E-state index contributed by atoms with van der Waals surface area (Å²) in [5, 5.41) is 6.10. The van der Waals surface area contributed by atoms with Crippen molar-refractivity contribution in [3.63, 3.8) is 0 Å². The van der Waals surface area contributed by atoms with Crippen molar-refractivity contribution in [3.8, 4) is 5.75 Å². The molecule has 1 aromatic heterocycles. The molecule has 226 valence electrons. The predicted octanol–water partition coefficient (Wildman–Crippen LogP) is 1.65. The number of para-hydroxylation sites is 1. The third kappa shape index (κ3) is 9.98. The van der Waals surface area contributed by atoms with Crippen molar-refractivity contribution < 1.29 is 32.3 Å². The fourth-order valence-electron chi connectivity index (χ4n) is 4.16. The van der Waals surface area contributed by atoms with E-state index in [0.717, 1.165) is 23.0 Å². The zero-order valence-corrected chi connectivity index (χ0v) is 22.8. The number of fused-ring (bicyclic) bond motifs is 1. The standard InChI is InChI=1S/C28H34F3N7O4/c29-28(30,31)42-21-7-5-18(6-8-21)15-24(27(41)36-20-16-19-3-1-2-4-23(19)35-17-20)37-26(40)22(34)9-10-25(39)38(13-11-32)14-12-33/h1-8,16-17,22,24H,9-15,32-34H2,(H,36,41)(H,37,40). The van der Waals surface area contributed by atoms with E-state index in [-0.39, 0.29) is 38.3 Å². The second-order valence-corrected chi connectivity index (χ2v) is 9.47. The van der Waals surface area contributed by atoms with Crippen LogP contribution in [0.2, 0.25) is 0 Å². The Morgan fingerprint density at radius 2 is 1.64 bits per heavy atom. The molecule has 0 fully saturated rings. The van der Waals surface area contributed by atoms with Crippen LogP contribution in [0.5, 0.6) is 5.75 Å². The maximum Gasteiger partial charge on any atom is 0.573 e. The number of halogens is 3. The Balaban J connectivity index is 1.72. The van der Waals surface area contributed by atoms with Crippen LogP contribution in [0.1, 0.15) is 18.4 Å². The number of pyridine rings is 1. The monoisotopic (exact) mass is 589 g/mol. The topological polar surface area (TPSA) is 179 Å². The molecule has 0 saturated heterocycles. The van der Waals surface area contributed by atoms with Crippen LogP contribution in [-0.4, -0.2) is 72.2 Å². The molecule has 0 bridgehead atoms. The first-order chi connectivity index (χ1) is 20.0. The van der Waals surface area contributed by atoms with Crippen LogP contribution >= 0.6 is 0 Å². The average molecular weight is 590 g/mol. The molecule has 3 aromatic rings. The third-order valence-electron chi connectivity index (χ3n) is 6.24. The summed E-state index contributed by atoms with van der Waals surface area (Å²) in [7, 11) is 0. The smallest absolute Gasteiger partial charge is 0.406 e. The molecule has 11 nitrogen and oxygen atoms in total. The molecule has 0 spiro atoms. The highest BCUT2D eigenvalue weighted by molar-refractivity contribution is 5.99. The lowest BCUT2D eigenvalue weighted by molar-refractivity contribution is -0.274. The molecule has 3 amide bonds. The van der Waals surface area contributed by atoms with Gasteiger partial charge in [-0.1, -0.05) is 30.3 Å². The molecular formula is C28H34F3N7O4. The minimum absolute atomic E-state index is 0.00270. The molecule has 8 N–H and O–H groups in total. The van der Waals surface area contributed by atoms with Gasteiger partial charge >= 0.3 is 6.36 Å². The summed E-state index contributed by atoms with van der Waals surface area (Å²) < 4.78 is 41.5. The van der Waals surface area contributed by atoms with E-state index in [4.69, 9.17) is 17.2 Å². The number of nitrogens with two attached hydrogens (primary N) is 3. The lowest BCUT2D eigenvalue weighted by atomic mass is 10.0. The first kappa shape index (κ1) is 32.2. The zero-order valence-electron chi connectivity index (χ0n) is 22.8. The molecule has 2 atom stereocenters. The summed E-state index contributed by atoms with van der Waals surface area (Å²) >= 11 is 0. The van der Waals surface area contributed by atoms with E-state index in [9.17, 15) is 27.6 Å². The number of carbonyl (C=O) groups excluding carboxylic acids is 3. The Labute approximate surface area is 240 Å². The largest absolute Gasteiger partial charge is 0.573 e. The van der Waals surface area contributed by atoms with E-state index >= 15 is 0 Å². The molecule has 2 unspecified atom stereocenters. The first-order valence-electron chi connectivity index (χ1n) is 13.2. The van der Waals surface area contributed by atoms with Crippen molar-refractivity contribution in [2.45, 2.75) is 37.7 Å². The third-order valence-corrected chi connectivity index (χ3v) is 6.24. The SMILES string of the molecule is NCCN(CCN)C(=O)CCC(N)C(=O)NC(Cc1ccc(OC(F)(F)F)cc1)C(=O)Nc1cnc2ccccc2c1. The predicted molar refractivity (Wildman–Crippen MR) is 151 cm³/mol. The highest BCUT2D eigenvalue weighted by Crippen LogP contribution is 2.23. The lowest BCUT2D eigenvalue weighted by Crippen LogP contribution is -2.51. The van der Waals surface area contributed by atoms with E-state index in [1.165, 1.54) is 23.2 Å². The Morgan fingerprint density at radius 1 is 0.976 bits per heavy atom. The van der Waals surface area contributed by atoms with Gasteiger partial charge in [0.2, 0.25) is 17.7 Å². The number of anilines is 1. The van der Waals surface area contributed by atoms with Gasteiger partial charge in [0.1, 0.15) is 11.8 Å². The molecule has 0 aliphatic heterocycles. The Kier molecular flexibility index (Phi) is 11.6. The van der Waals surface area contributed by atoms with Crippen molar-refractivity contribution in [2.75, 3.05) is 31.5 Å². The van der Waals surface area contributed by atoms with E-state index in [1.54, 1.807) is 6.07 Å². The minimum Gasteiger partial charge on any atom is -0.406 e. The van der Waals surface area contributed by atoms with Crippen molar-refractivity contribution in [3.05, 3.63) is 66.4 Å². The summed E-state index contributed by atoms with van der Waals surface area (Å²) in [4.78, 5) is 44.6. The van der Waals surface area contributed by atoms with Crippen LogP contribution in [0.15, 0.2) is 60.8 Å². The van der Waals surface area contributed by atoms with Gasteiger partial charge in [-0.15, -0.1) is 13.2 Å². The summed E-state index contributed by atoms with van der Waals surface area (Å²) in [5.74, 6) is -1.96. The number of hydrogen-bond donors (Lipinski definition) is 5. The van der Waals surface area contributed by atoms with Crippen LogP contribution in [0, 0.1) is 0 Å². The zero-order chi connectivity index (χ0) is 30.7. The Hall–Kier alpha value is -4.27. The summed E-state index contributed by atoms with van der Waals surface area (Å²) in [5.41, 5.74) is 18.7. The van der Waals surface area contributed by atoms with Gasteiger partial charge in [0.25, 0.3) is 0 Å². The number of nitrogens with zero attached hydrogens (tertiary/aromatic N) is 2. The highest BCUT2D eigenvalue weighted by Gasteiger charge is 2.31. The minimum atomic E-state index is -4.85. The maximum absolute atomic E-state index is 13.3. The van der Waals surface area contributed by atoms with Crippen LogP contribution < -0.4 is 32.6 Å². The van der Waals surface area contributed by atoms with Gasteiger partial charge in [-0.2, -0.15) is 0 Å². The molecule has 3 rings (SSSR count). The lowest BCUT2D eigenvalue weighted by Gasteiger charge is -2.23. The quantitative estimate of drug-likeness (QED) is 0.188. The van der Waals surface area contributed by atoms with Crippen molar-refractivity contribution in [2.24, 2.45) is 17.2 Å². The number of nitrogens with one attached hydrogen (secondary N) is 2. The average Bonchev–Trinajstić information content (AvgIpc) is 2.95. The van der Waals surface area contributed by atoms with Crippen molar-refractivity contribution >= 4 is 34.3 Å². The van der Waals surface area contributed by atoms with Crippen LogP contribution in [0.4, 0.5) is 18.9 Å². The molecule has 0 radical (unpaired) electrons. The molecule has 0 saturated carbocycles. The van der Waals surface area contributed by atoms with E-state index < -0.39 is 36.0 Å². The highest BCUT2D eigenvalue weighted by atomic mass is 19.4. The van der Waals surface area contributed by atoms with Crippen LogP contribution in [0.25, 0.3) is 10.9 Å². The van der Waals surface area contributed by atoms with E-state index in [0.29, 0.717) is 24.3 Å². The van der Waals surface area contributed by atoms with Crippen LogP contribution in [0.3, 0.4) is 0 Å². The number of benzene rings is 2. The molecule has 0 aliphatic rings. The second-order valence-electron chi connectivity index (χ2n) is 9.47. The summed E-state index contributed by atoms with van der Waals surface area (Å²) in [6, 6.07) is 11.7.